The quantitative estimate of drug-likeness (QED) is 0.767. The molecule has 1 aromatic heterocycles. The van der Waals surface area contributed by atoms with Gasteiger partial charge < -0.3 is 15.4 Å². The molecule has 2 aromatic rings. The zero-order valence-corrected chi connectivity index (χ0v) is 11.1. The van der Waals surface area contributed by atoms with Gasteiger partial charge in [0.25, 0.3) is 0 Å². The van der Waals surface area contributed by atoms with Gasteiger partial charge in [-0.2, -0.15) is 0 Å². The van der Waals surface area contributed by atoms with E-state index in [1.54, 1.807) is 6.33 Å². The van der Waals surface area contributed by atoms with Crippen molar-refractivity contribution in [1.29, 1.82) is 0 Å². The third-order valence-corrected chi connectivity index (χ3v) is 3.97. The summed E-state index contributed by atoms with van der Waals surface area (Å²) in [6, 6.07) is 6.04. The highest BCUT2D eigenvalue weighted by atomic mass is 16.3. The van der Waals surface area contributed by atoms with Crippen LogP contribution < -0.4 is 5.32 Å². The predicted octanol–water partition coefficient (Wildman–Crippen LogP) is 0.890. The molecule has 3 N–H and O–H groups in total. The van der Waals surface area contributed by atoms with Crippen LogP contribution in [0.1, 0.15) is 18.6 Å². The van der Waals surface area contributed by atoms with Crippen LogP contribution in [0, 0.1) is 0 Å². The van der Waals surface area contributed by atoms with E-state index in [4.69, 9.17) is 0 Å². The fourth-order valence-electron chi connectivity index (χ4n) is 2.70. The number of aliphatic hydroxyl groups excluding tert-OH is 1. The lowest BCUT2D eigenvalue weighted by molar-refractivity contribution is 0.0511. The van der Waals surface area contributed by atoms with Crippen molar-refractivity contribution in [1.82, 2.24) is 20.2 Å². The number of fused-ring (bicyclic) bond motifs is 1. The molecule has 2 heterocycles. The second-order valence-corrected chi connectivity index (χ2v) is 5.15. The van der Waals surface area contributed by atoms with E-state index in [1.165, 1.54) is 0 Å². The Bertz CT molecular complexity index is 547. The number of aromatic nitrogens is 2. The average molecular weight is 260 g/mol. The molecular formula is C14H20N4O. The first-order chi connectivity index (χ1) is 9.25. The van der Waals surface area contributed by atoms with E-state index < -0.39 is 6.10 Å². The molecule has 19 heavy (non-hydrogen) atoms. The summed E-state index contributed by atoms with van der Waals surface area (Å²) in [6.45, 7) is 6.06. The lowest BCUT2D eigenvalue weighted by Gasteiger charge is -2.35. The topological polar surface area (TPSA) is 64.2 Å². The molecule has 1 fully saturated rings. The molecule has 0 bridgehead atoms. The van der Waals surface area contributed by atoms with Crippen LogP contribution in [0.15, 0.2) is 24.5 Å². The molecule has 3 rings (SSSR count). The van der Waals surface area contributed by atoms with Gasteiger partial charge in [-0.1, -0.05) is 6.07 Å². The van der Waals surface area contributed by atoms with Gasteiger partial charge in [-0.15, -0.1) is 0 Å². The smallest absolute Gasteiger partial charge is 0.0943 e. The van der Waals surface area contributed by atoms with Gasteiger partial charge in [0.1, 0.15) is 0 Å². The summed E-state index contributed by atoms with van der Waals surface area (Å²) >= 11 is 0. The minimum absolute atomic E-state index is 0.127. The van der Waals surface area contributed by atoms with E-state index in [0.717, 1.165) is 42.8 Å². The van der Waals surface area contributed by atoms with Crippen LogP contribution in [0.3, 0.4) is 0 Å². The molecule has 1 aliphatic rings. The first-order valence-electron chi connectivity index (χ1n) is 6.81. The number of rotatable bonds is 3. The maximum atomic E-state index is 10.5. The maximum Gasteiger partial charge on any atom is 0.0943 e. The van der Waals surface area contributed by atoms with Gasteiger partial charge in [-0.3, -0.25) is 4.90 Å². The number of piperazine rings is 1. The number of H-pyrrole nitrogens is 1. The van der Waals surface area contributed by atoms with E-state index in [1.807, 2.05) is 18.2 Å². The Morgan fingerprint density at radius 1 is 1.32 bits per heavy atom. The highest BCUT2D eigenvalue weighted by Crippen LogP contribution is 2.23. The molecule has 5 heteroatoms. The number of aliphatic hydroxyl groups is 1. The third kappa shape index (κ3) is 2.49. The fourth-order valence-corrected chi connectivity index (χ4v) is 2.70. The van der Waals surface area contributed by atoms with Crippen molar-refractivity contribution in [2.45, 2.75) is 19.1 Å². The first-order valence-corrected chi connectivity index (χ1v) is 6.81. The maximum absolute atomic E-state index is 10.5. The highest BCUT2D eigenvalue weighted by Gasteiger charge is 2.24. The molecule has 2 unspecified atom stereocenters. The summed E-state index contributed by atoms with van der Waals surface area (Å²) in [4.78, 5) is 9.62. The fraction of sp³-hybridized carbons (Fsp3) is 0.500. The van der Waals surface area contributed by atoms with Crippen molar-refractivity contribution in [3.8, 4) is 0 Å². The monoisotopic (exact) mass is 260 g/mol. The molecule has 0 radical (unpaired) electrons. The summed E-state index contributed by atoms with van der Waals surface area (Å²) in [5.74, 6) is 0. The average Bonchev–Trinajstić information content (AvgIpc) is 2.94. The van der Waals surface area contributed by atoms with Gasteiger partial charge in [0.15, 0.2) is 0 Å². The van der Waals surface area contributed by atoms with Crippen molar-refractivity contribution in [2.24, 2.45) is 0 Å². The number of nitrogens with zero attached hydrogens (tertiary/aromatic N) is 2. The van der Waals surface area contributed by atoms with E-state index in [0.29, 0.717) is 0 Å². The molecule has 0 amide bonds. The number of aromatic amines is 1. The number of hydrogen-bond acceptors (Lipinski definition) is 4. The second kappa shape index (κ2) is 5.28. The van der Waals surface area contributed by atoms with Crippen LogP contribution in [0.2, 0.25) is 0 Å². The predicted molar refractivity (Wildman–Crippen MR) is 75.0 cm³/mol. The van der Waals surface area contributed by atoms with Crippen LogP contribution >= 0.6 is 0 Å². The third-order valence-electron chi connectivity index (χ3n) is 3.97. The minimum Gasteiger partial charge on any atom is -0.387 e. The van der Waals surface area contributed by atoms with Crippen LogP contribution in [0.5, 0.6) is 0 Å². The van der Waals surface area contributed by atoms with Gasteiger partial charge in [0, 0.05) is 32.2 Å². The van der Waals surface area contributed by atoms with Crippen molar-refractivity contribution in [3.05, 3.63) is 30.1 Å². The molecule has 1 aliphatic heterocycles. The molecular weight excluding hydrogens is 240 g/mol. The van der Waals surface area contributed by atoms with Crippen molar-refractivity contribution >= 4 is 11.0 Å². The number of hydrogen-bond donors (Lipinski definition) is 3. The summed E-state index contributed by atoms with van der Waals surface area (Å²) < 4.78 is 0. The van der Waals surface area contributed by atoms with Crippen molar-refractivity contribution < 1.29 is 5.11 Å². The zero-order valence-electron chi connectivity index (χ0n) is 11.1. The summed E-state index contributed by atoms with van der Waals surface area (Å²) in [5.41, 5.74) is 2.86. The molecule has 102 valence electrons. The Morgan fingerprint density at radius 2 is 2.11 bits per heavy atom. The molecule has 0 saturated carbocycles. The second-order valence-electron chi connectivity index (χ2n) is 5.15. The summed E-state index contributed by atoms with van der Waals surface area (Å²) in [6.07, 6.45) is 1.21. The Hall–Kier alpha value is -1.43. The van der Waals surface area contributed by atoms with Crippen molar-refractivity contribution in [3.63, 3.8) is 0 Å². The Kier molecular flexibility index (Phi) is 3.50. The lowest BCUT2D eigenvalue weighted by Crippen LogP contribution is -2.49. The zero-order chi connectivity index (χ0) is 13.2. The molecule has 0 spiro atoms. The minimum atomic E-state index is -0.467. The van der Waals surface area contributed by atoms with E-state index in [-0.39, 0.29) is 6.04 Å². The van der Waals surface area contributed by atoms with E-state index in [2.05, 4.69) is 27.1 Å². The highest BCUT2D eigenvalue weighted by molar-refractivity contribution is 5.75. The number of imidazole rings is 1. The molecule has 2 atom stereocenters. The van der Waals surface area contributed by atoms with Crippen LogP contribution in [-0.2, 0) is 0 Å². The number of benzene rings is 1. The SMILES string of the molecule is CC(C(O)c1ccc2nc[nH]c2c1)N1CCNCC1. The van der Waals surface area contributed by atoms with Gasteiger partial charge in [0.2, 0.25) is 0 Å². The largest absolute Gasteiger partial charge is 0.387 e. The van der Waals surface area contributed by atoms with Crippen LogP contribution in [0.25, 0.3) is 11.0 Å². The first kappa shape index (κ1) is 12.6. The lowest BCUT2D eigenvalue weighted by atomic mass is 10.0. The van der Waals surface area contributed by atoms with Gasteiger partial charge in [0.05, 0.1) is 23.5 Å². The van der Waals surface area contributed by atoms with Crippen LogP contribution in [-0.4, -0.2) is 52.2 Å². The van der Waals surface area contributed by atoms with Crippen LogP contribution in [0.4, 0.5) is 0 Å². The van der Waals surface area contributed by atoms with Gasteiger partial charge in [-0.25, -0.2) is 4.98 Å². The van der Waals surface area contributed by atoms with E-state index in [9.17, 15) is 5.11 Å². The Labute approximate surface area is 112 Å². The standard InChI is InChI=1S/C14H20N4O/c1-10(18-6-4-15-5-7-18)14(19)11-2-3-12-13(8-11)17-9-16-12/h2-3,8-10,14-15,19H,4-7H2,1H3,(H,16,17). The van der Waals surface area contributed by atoms with Gasteiger partial charge >= 0.3 is 0 Å². The summed E-state index contributed by atoms with van der Waals surface area (Å²) in [7, 11) is 0. The normalized spacial score (nSPS) is 20.5. The molecule has 5 nitrogen and oxygen atoms in total. The molecule has 1 saturated heterocycles. The van der Waals surface area contributed by atoms with Gasteiger partial charge in [-0.05, 0) is 24.6 Å². The Balaban J connectivity index is 1.79. The Morgan fingerprint density at radius 3 is 2.89 bits per heavy atom. The number of nitrogens with one attached hydrogen (secondary N) is 2. The molecule has 1 aromatic carbocycles. The summed E-state index contributed by atoms with van der Waals surface area (Å²) in [5, 5.41) is 13.9. The van der Waals surface area contributed by atoms with E-state index >= 15 is 0 Å². The van der Waals surface area contributed by atoms with Crippen molar-refractivity contribution in [2.75, 3.05) is 26.2 Å². The molecule has 0 aliphatic carbocycles.